The molecule has 5 nitrogen and oxygen atoms in total. The minimum Gasteiger partial charge on any atom is -0.399 e. The third kappa shape index (κ3) is 1.47. The van der Waals surface area contributed by atoms with E-state index in [1.54, 1.807) is 6.20 Å². The number of hydrogen-bond donors (Lipinski definition) is 1. The van der Waals surface area contributed by atoms with Gasteiger partial charge in [0.25, 0.3) is 0 Å². The lowest BCUT2D eigenvalue weighted by atomic mass is 10.2. The van der Waals surface area contributed by atoms with Crippen LogP contribution in [0.25, 0.3) is 16.9 Å². The van der Waals surface area contributed by atoms with Crippen molar-refractivity contribution in [3.8, 4) is 5.95 Å². The topological polar surface area (TPSA) is 61.7 Å². The standard InChI is InChI=1S/C12H13N5/c1-2-16-6-5-14-12(16)17-11-7-10(13)4-3-9(11)8-15-17/h3-8H,2,13H2,1H3. The third-order valence-corrected chi connectivity index (χ3v) is 2.82. The van der Waals surface area contributed by atoms with E-state index in [1.165, 1.54) is 0 Å². The van der Waals surface area contributed by atoms with Gasteiger partial charge in [0.2, 0.25) is 5.95 Å². The van der Waals surface area contributed by atoms with Crippen molar-refractivity contribution in [2.45, 2.75) is 13.5 Å². The van der Waals surface area contributed by atoms with Gasteiger partial charge in [-0.25, -0.2) is 4.98 Å². The second-order valence-electron chi connectivity index (χ2n) is 3.89. The lowest BCUT2D eigenvalue weighted by Gasteiger charge is -2.05. The number of imidazole rings is 1. The van der Waals surface area contributed by atoms with E-state index in [0.29, 0.717) is 0 Å². The van der Waals surface area contributed by atoms with Gasteiger partial charge in [0.1, 0.15) is 0 Å². The highest BCUT2D eigenvalue weighted by Gasteiger charge is 2.09. The van der Waals surface area contributed by atoms with Crippen LogP contribution in [0.2, 0.25) is 0 Å². The third-order valence-electron chi connectivity index (χ3n) is 2.82. The van der Waals surface area contributed by atoms with Gasteiger partial charge < -0.3 is 10.3 Å². The van der Waals surface area contributed by atoms with E-state index >= 15 is 0 Å². The number of aryl methyl sites for hydroxylation is 1. The van der Waals surface area contributed by atoms with E-state index in [0.717, 1.165) is 29.1 Å². The van der Waals surface area contributed by atoms with Crippen molar-refractivity contribution in [2.75, 3.05) is 5.73 Å². The molecule has 0 fully saturated rings. The fourth-order valence-corrected chi connectivity index (χ4v) is 1.94. The van der Waals surface area contributed by atoms with Crippen molar-refractivity contribution in [3.05, 3.63) is 36.8 Å². The molecule has 17 heavy (non-hydrogen) atoms. The normalized spacial score (nSPS) is 11.1. The van der Waals surface area contributed by atoms with Crippen molar-refractivity contribution in [1.82, 2.24) is 19.3 Å². The van der Waals surface area contributed by atoms with Crippen LogP contribution in [0.15, 0.2) is 36.8 Å². The molecule has 0 saturated carbocycles. The number of aromatic nitrogens is 4. The summed E-state index contributed by atoms with van der Waals surface area (Å²) in [5.41, 5.74) is 7.52. The molecule has 0 saturated heterocycles. The van der Waals surface area contributed by atoms with Crippen LogP contribution in [-0.4, -0.2) is 19.3 Å². The Hall–Kier alpha value is -2.30. The van der Waals surface area contributed by atoms with E-state index in [-0.39, 0.29) is 0 Å². The minimum absolute atomic E-state index is 0.730. The fraction of sp³-hybridized carbons (Fsp3) is 0.167. The molecular formula is C12H13N5. The van der Waals surface area contributed by atoms with Crippen molar-refractivity contribution >= 4 is 16.6 Å². The minimum atomic E-state index is 0.730. The first kappa shape index (κ1) is 9.89. The highest BCUT2D eigenvalue weighted by Crippen LogP contribution is 2.19. The van der Waals surface area contributed by atoms with Crippen LogP contribution in [-0.2, 0) is 6.54 Å². The van der Waals surface area contributed by atoms with E-state index in [1.807, 2.05) is 39.8 Å². The van der Waals surface area contributed by atoms with Crippen molar-refractivity contribution < 1.29 is 0 Å². The molecule has 3 aromatic rings. The van der Waals surface area contributed by atoms with Gasteiger partial charge >= 0.3 is 0 Å². The van der Waals surface area contributed by atoms with Crippen molar-refractivity contribution in [1.29, 1.82) is 0 Å². The quantitative estimate of drug-likeness (QED) is 0.679. The van der Waals surface area contributed by atoms with E-state index < -0.39 is 0 Å². The highest BCUT2D eigenvalue weighted by molar-refractivity contribution is 5.82. The molecule has 2 aromatic heterocycles. The smallest absolute Gasteiger partial charge is 0.231 e. The molecule has 0 amide bonds. The molecule has 0 radical (unpaired) electrons. The molecule has 1 aromatic carbocycles. The Labute approximate surface area is 98.5 Å². The molecular weight excluding hydrogens is 214 g/mol. The molecule has 0 aliphatic carbocycles. The number of nitrogens with zero attached hydrogens (tertiary/aromatic N) is 4. The predicted octanol–water partition coefficient (Wildman–Crippen LogP) is 1.82. The largest absolute Gasteiger partial charge is 0.399 e. The SMILES string of the molecule is CCn1ccnc1-n1ncc2ccc(N)cc21. The van der Waals surface area contributed by atoms with Crippen LogP contribution < -0.4 is 5.73 Å². The van der Waals surface area contributed by atoms with Gasteiger partial charge in [-0.15, -0.1) is 0 Å². The van der Waals surface area contributed by atoms with Gasteiger partial charge in [0.05, 0.1) is 11.7 Å². The molecule has 0 bridgehead atoms. The Morgan fingerprint density at radius 1 is 1.35 bits per heavy atom. The first-order chi connectivity index (χ1) is 8.29. The van der Waals surface area contributed by atoms with Gasteiger partial charge in [-0.3, -0.25) is 0 Å². The summed E-state index contributed by atoms with van der Waals surface area (Å²) in [6.07, 6.45) is 5.54. The van der Waals surface area contributed by atoms with E-state index in [2.05, 4.69) is 17.0 Å². The lowest BCUT2D eigenvalue weighted by molar-refractivity contribution is 0.696. The van der Waals surface area contributed by atoms with E-state index in [9.17, 15) is 0 Å². The van der Waals surface area contributed by atoms with Crippen LogP contribution in [0.3, 0.4) is 0 Å². The Balaban J connectivity index is 2.27. The maximum Gasteiger partial charge on any atom is 0.231 e. The summed E-state index contributed by atoms with van der Waals surface area (Å²) in [5.74, 6) is 0.813. The lowest BCUT2D eigenvalue weighted by Crippen LogP contribution is -2.06. The summed E-state index contributed by atoms with van der Waals surface area (Å²) < 4.78 is 3.85. The zero-order valence-electron chi connectivity index (χ0n) is 9.54. The Bertz CT molecular complexity index is 664. The summed E-state index contributed by atoms with van der Waals surface area (Å²) in [5, 5.41) is 5.43. The molecule has 5 heteroatoms. The monoisotopic (exact) mass is 227 g/mol. The molecule has 3 rings (SSSR count). The summed E-state index contributed by atoms with van der Waals surface area (Å²) in [6.45, 7) is 2.93. The van der Waals surface area contributed by atoms with Crippen molar-refractivity contribution in [3.63, 3.8) is 0 Å². The number of nitrogens with two attached hydrogens (primary N) is 1. The highest BCUT2D eigenvalue weighted by atomic mass is 15.4. The fourth-order valence-electron chi connectivity index (χ4n) is 1.94. The van der Waals surface area contributed by atoms with Crippen LogP contribution >= 0.6 is 0 Å². The summed E-state index contributed by atoms with van der Waals surface area (Å²) in [6, 6.07) is 5.76. The molecule has 0 spiro atoms. The number of anilines is 1. The van der Waals surface area contributed by atoms with Gasteiger partial charge in [0.15, 0.2) is 0 Å². The maximum atomic E-state index is 5.81. The molecule has 2 N–H and O–H groups in total. The van der Waals surface area contributed by atoms with Gasteiger partial charge in [-0.1, -0.05) is 0 Å². The second-order valence-corrected chi connectivity index (χ2v) is 3.89. The number of rotatable bonds is 2. The predicted molar refractivity (Wildman–Crippen MR) is 66.9 cm³/mol. The average Bonchev–Trinajstić information content (AvgIpc) is 2.93. The van der Waals surface area contributed by atoms with Gasteiger partial charge in [0, 0.05) is 30.0 Å². The maximum absolute atomic E-state index is 5.81. The van der Waals surface area contributed by atoms with Crippen molar-refractivity contribution in [2.24, 2.45) is 0 Å². The van der Waals surface area contributed by atoms with Gasteiger partial charge in [-0.05, 0) is 25.1 Å². The summed E-state index contributed by atoms with van der Waals surface area (Å²) in [7, 11) is 0. The Morgan fingerprint density at radius 3 is 3.06 bits per heavy atom. The number of hydrogen-bond acceptors (Lipinski definition) is 3. The number of fused-ring (bicyclic) bond motifs is 1. The average molecular weight is 227 g/mol. The zero-order valence-corrected chi connectivity index (χ0v) is 9.54. The van der Waals surface area contributed by atoms with E-state index in [4.69, 9.17) is 5.73 Å². The Kier molecular flexibility index (Phi) is 2.11. The molecule has 0 atom stereocenters. The summed E-state index contributed by atoms with van der Waals surface area (Å²) >= 11 is 0. The number of benzene rings is 1. The van der Waals surface area contributed by atoms with Crippen LogP contribution in [0.1, 0.15) is 6.92 Å². The van der Waals surface area contributed by atoms with Gasteiger partial charge in [-0.2, -0.15) is 9.78 Å². The number of nitrogen functional groups attached to an aromatic ring is 1. The van der Waals surface area contributed by atoms with Crippen LogP contribution in [0.4, 0.5) is 5.69 Å². The van der Waals surface area contributed by atoms with Crippen LogP contribution in [0, 0.1) is 0 Å². The molecule has 0 aliphatic rings. The summed E-state index contributed by atoms with van der Waals surface area (Å²) in [4.78, 5) is 4.33. The molecule has 0 unspecified atom stereocenters. The second kappa shape index (κ2) is 3.62. The molecule has 86 valence electrons. The molecule has 2 heterocycles. The zero-order chi connectivity index (χ0) is 11.8. The Morgan fingerprint density at radius 2 is 2.24 bits per heavy atom. The van der Waals surface area contributed by atoms with Crippen LogP contribution in [0.5, 0.6) is 0 Å². The first-order valence-corrected chi connectivity index (χ1v) is 5.54. The molecule has 0 aliphatic heterocycles. The first-order valence-electron chi connectivity index (χ1n) is 5.54.